The molecule has 29 heavy (non-hydrogen) atoms. The Morgan fingerprint density at radius 2 is 1.59 bits per heavy atom. The highest BCUT2D eigenvalue weighted by Gasteiger charge is 2.56. The third-order valence-electron chi connectivity index (χ3n) is 6.66. The summed E-state index contributed by atoms with van der Waals surface area (Å²) in [5, 5.41) is 0. The summed E-state index contributed by atoms with van der Waals surface area (Å²) in [4.78, 5) is 13.9. The number of hydrogen-bond acceptors (Lipinski definition) is 5. The minimum absolute atomic E-state index is 0.0836. The molecule has 2 saturated heterocycles. The van der Waals surface area contributed by atoms with Crippen LogP contribution in [0.25, 0.3) is 0 Å². The van der Waals surface area contributed by atoms with Crippen LogP contribution in [0.2, 0.25) is 0 Å². The van der Waals surface area contributed by atoms with E-state index in [1.807, 2.05) is 0 Å². The molecule has 1 aromatic carbocycles. The highest BCUT2D eigenvalue weighted by atomic mass is 16.7. The summed E-state index contributed by atoms with van der Waals surface area (Å²) in [6.07, 6.45) is 2.47. The molecule has 1 aromatic rings. The van der Waals surface area contributed by atoms with E-state index in [4.69, 9.17) is 14.2 Å². The molecule has 1 spiro atoms. The molecule has 0 aromatic heterocycles. The van der Waals surface area contributed by atoms with Crippen molar-refractivity contribution in [2.24, 2.45) is 5.41 Å². The average Bonchev–Trinajstić information content (AvgIpc) is 2.65. The van der Waals surface area contributed by atoms with Crippen molar-refractivity contribution in [1.82, 2.24) is 4.90 Å². The Balaban J connectivity index is 1.74. The lowest BCUT2D eigenvalue weighted by Crippen LogP contribution is -2.68. The molecule has 2 fully saturated rings. The Bertz CT molecular complexity index is 685. The fourth-order valence-corrected chi connectivity index (χ4v) is 5.09. The molecule has 0 unspecified atom stereocenters. The van der Waals surface area contributed by atoms with E-state index in [0.717, 1.165) is 25.8 Å². The Kier molecular flexibility index (Phi) is 6.15. The van der Waals surface area contributed by atoms with Gasteiger partial charge in [0.15, 0.2) is 5.79 Å². The summed E-state index contributed by atoms with van der Waals surface area (Å²) in [7, 11) is 0. The van der Waals surface area contributed by atoms with Crippen LogP contribution in [0, 0.1) is 5.41 Å². The van der Waals surface area contributed by atoms with Crippen LogP contribution in [0.1, 0.15) is 66.4 Å². The van der Waals surface area contributed by atoms with Crippen LogP contribution in [0.15, 0.2) is 30.3 Å². The highest BCUT2D eigenvalue weighted by molar-refractivity contribution is 5.65. The van der Waals surface area contributed by atoms with Gasteiger partial charge >= 0.3 is 5.97 Å². The van der Waals surface area contributed by atoms with Crippen molar-refractivity contribution in [2.45, 2.75) is 84.2 Å². The van der Waals surface area contributed by atoms with Crippen molar-refractivity contribution < 1.29 is 19.0 Å². The predicted octanol–water partition coefficient (Wildman–Crippen LogP) is 4.54. The molecular weight excluding hydrogens is 366 g/mol. The lowest BCUT2D eigenvalue weighted by atomic mass is 9.74. The van der Waals surface area contributed by atoms with Crippen LogP contribution in [0.3, 0.4) is 0 Å². The molecule has 0 aliphatic carbocycles. The van der Waals surface area contributed by atoms with E-state index in [-0.39, 0.29) is 22.5 Å². The van der Waals surface area contributed by atoms with Gasteiger partial charge in [-0.15, -0.1) is 0 Å². The molecule has 3 rings (SSSR count). The third-order valence-corrected chi connectivity index (χ3v) is 6.66. The standard InChI is InChI=1S/C24H37NO4/c1-7-23(16-27-19(2)26)17-28-24(29-18-23)14-21(3,4)25(22(5,6)15-24)13-20-11-9-8-10-12-20/h8-12H,7,13-18H2,1-6H3. The van der Waals surface area contributed by atoms with Crippen LogP contribution < -0.4 is 0 Å². The number of ether oxygens (including phenoxy) is 3. The maximum absolute atomic E-state index is 11.3. The molecule has 2 aliphatic rings. The van der Waals surface area contributed by atoms with E-state index < -0.39 is 5.79 Å². The number of piperidine rings is 1. The van der Waals surface area contributed by atoms with Crippen molar-refractivity contribution in [1.29, 1.82) is 0 Å². The number of carbonyl (C=O) groups is 1. The van der Waals surface area contributed by atoms with E-state index in [2.05, 4.69) is 69.9 Å². The Labute approximate surface area is 175 Å². The summed E-state index contributed by atoms with van der Waals surface area (Å²) in [6.45, 7) is 15.1. The van der Waals surface area contributed by atoms with E-state index in [1.54, 1.807) is 0 Å². The second kappa shape index (κ2) is 8.01. The van der Waals surface area contributed by atoms with Crippen LogP contribution in [0.4, 0.5) is 0 Å². The van der Waals surface area contributed by atoms with Crippen molar-refractivity contribution in [3.63, 3.8) is 0 Å². The average molecular weight is 404 g/mol. The van der Waals surface area contributed by atoms with E-state index >= 15 is 0 Å². The van der Waals surface area contributed by atoms with Crippen molar-refractivity contribution in [3.05, 3.63) is 35.9 Å². The molecule has 0 saturated carbocycles. The van der Waals surface area contributed by atoms with Crippen molar-refractivity contribution in [2.75, 3.05) is 19.8 Å². The van der Waals surface area contributed by atoms with Gasteiger partial charge in [0.2, 0.25) is 0 Å². The fraction of sp³-hybridized carbons (Fsp3) is 0.708. The Morgan fingerprint density at radius 3 is 2.07 bits per heavy atom. The normalized spacial score (nSPS) is 24.9. The predicted molar refractivity (Wildman–Crippen MR) is 113 cm³/mol. The first-order chi connectivity index (χ1) is 13.5. The van der Waals surface area contributed by atoms with E-state index in [1.165, 1.54) is 12.5 Å². The molecule has 2 aliphatic heterocycles. The highest BCUT2D eigenvalue weighted by Crippen LogP contribution is 2.49. The lowest BCUT2D eigenvalue weighted by molar-refractivity contribution is -0.346. The van der Waals surface area contributed by atoms with E-state index in [9.17, 15) is 4.79 Å². The largest absolute Gasteiger partial charge is 0.465 e. The fourth-order valence-electron chi connectivity index (χ4n) is 5.09. The molecule has 0 amide bonds. The molecule has 2 heterocycles. The topological polar surface area (TPSA) is 48.0 Å². The van der Waals surface area contributed by atoms with Gasteiger partial charge in [-0.1, -0.05) is 37.3 Å². The van der Waals surface area contributed by atoms with Crippen LogP contribution in [-0.2, 0) is 25.5 Å². The Hall–Kier alpha value is -1.43. The maximum atomic E-state index is 11.3. The number of likely N-dealkylation sites (tertiary alicyclic amines) is 1. The number of nitrogens with zero attached hydrogens (tertiary/aromatic N) is 1. The van der Waals surface area contributed by atoms with Gasteiger partial charge in [-0.2, -0.15) is 0 Å². The molecule has 0 atom stereocenters. The second-order valence-electron chi connectivity index (χ2n) is 10.2. The maximum Gasteiger partial charge on any atom is 0.302 e. The molecule has 162 valence electrons. The smallest absolute Gasteiger partial charge is 0.302 e. The Morgan fingerprint density at radius 1 is 1.03 bits per heavy atom. The third kappa shape index (κ3) is 4.84. The number of benzene rings is 1. The number of carbonyl (C=O) groups excluding carboxylic acids is 1. The lowest BCUT2D eigenvalue weighted by Gasteiger charge is -2.60. The number of hydrogen-bond donors (Lipinski definition) is 0. The minimum atomic E-state index is -0.588. The van der Waals surface area contributed by atoms with Gasteiger partial charge < -0.3 is 14.2 Å². The molecule has 5 heteroatoms. The quantitative estimate of drug-likeness (QED) is 0.676. The van der Waals surface area contributed by atoms with E-state index in [0.29, 0.717) is 19.8 Å². The van der Waals surface area contributed by atoms with Gasteiger partial charge in [-0.05, 0) is 39.7 Å². The van der Waals surface area contributed by atoms with Gasteiger partial charge in [-0.3, -0.25) is 9.69 Å². The monoisotopic (exact) mass is 403 g/mol. The van der Waals surface area contributed by atoms with Crippen LogP contribution in [0.5, 0.6) is 0 Å². The summed E-state index contributed by atoms with van der Waals surface area (Å²) in [6, 6.07) is 10.6. The van der Waals surface area contributed by atoms with Gasteiger partial charge in [0.25, 0.3) is 0 Å². The SMILES string of the molecule is CCC1(COC(C)=O)COC2(CC(C)(C)N(Cc3ccccc3)C(C)(C)C2)OC1. The van der Waals surface area contributed by atoms with Gasteiger partial charge in [0.05, 0.1) is 18.6 Å². The minimum Gasteiger partial charge on any atom is -0.465 e. The molecule has 0 radical (unpaired) electrons. The summed E-state index contributed by atoms with van der Waals surface area (Å²) in [5.74, 6) is -0.843. The molecular formula is C24H37NO4. The number of esters is 1. The van der Waals surface area contributed by atoms with Gasteiger partial charge in [0, 0.05) is 37.4 Å². The molecule has 5 nitrogen and oxygen atoms in total. The van der Waals surface area contributed by atoms with Crippen LogP contribution >= 0.6 is 0 Å². The molecule has 0 bridgehead atoms. The van der Waals surface area contributed by atoms with Crippen molar-refractivity contribution >= 4 is 5.97 Å². The summed E-state index contributed by atoms with van der Waals surface area (Å²) in [5.41, 5.74) is 0.896. The summed E-state index contributed by atoms with van der Waals surface area (Å²) >= 11 is 0. The first-order valence-corrected chi connectivity index (χ1v) is 10.7. The van der Waals surface area contributed by atoms with Crippen LogP contribution in [-0.4, -0.2) is 47.6 Å². The zero-order chi connectivity index (χ0) is 21.3. The zero-order valence-electron chi connectivity index (χ0n) is 18.9. The summed E-state index contributed by atoms with van der Waals surface area (Å²) < 4.78 is 18.3. The van der Waals surface area contributed by atoms with Gasteiger partial charge in [-0.25, -0.2) is 0 Å². The molecule has 0 N–H and O–H groups in total. The van der Waals surface area contributed by atoms with Crippen molar-refractivity contribution in [3.8, 4) is 0 Å². The zero-order valence-corrected chi connectivity index (χ0v) is 18.9. The van der Waals surface area contributed by atoms with Gasteiger partial charge in [0.1, 0.15) is 6.61 Å². The second-order valence-corrected chi connectivity index (χ2v) is 10.2. The number of rotatable bonds is 5. The first kappa shape index (κ1) is 22.3. The first-order valence-electron chi connectivity index (χ1n) is 10.7.